The third-order valence-electron chi connectivity index (χ3n) is 5.94. The molecule has 3 aromatic carbocycles. The fourth-order valence-corrected chi connectivity index (χ4v) is 4.38. The van der Waals surface area contributed by atoms with Gasteiger partial charge in [0.1, 0.15) is 34.3 Å². The Morgan fingerprint density at radius 2 is 1.67 bits per heavy atom. The number of unbranched alkanes of at least 4 members (excludes halogenated alkanes) is 1. The number of methoxy groups -OCH3 is 1. The summed E-state index contributed by atoms with van der Waals surface area (Å²) in [7, 11) is -1.34. The van der Waals surface area contributed by atoms with Gasteiger partial charge in [0.05, 0.1) is 25.0 Å². The van der Waals surface area contributed by atoms with Crippen LogP contribution in [0.3, 0.4) is 0 Å². The van der Waals surface area contributed by atoms with Gasteiger partial charge < -0.3 is 24.8 Å². The highest BCUT2D eigenvalue weighted by molar-refractivity contribution is 7.90. The molecular weight excluding hydrogens is 516 g/mol. The number of nitrogens with zero attached hydrogens (tertiary/aromatic N) is 2. The first-order valence-corrected chi connectivity index (χ1v) is 14.8. The fourth-order valence-electron chi connectivity index (χ4n) is 3.86. The molecule has 4 aromatic rings. The van der Waals surface area contributed by atoms with Crippen LogP contribution in [0.5, 0.6) is 17.2 Å². The maximum atomic E-state index is 11.2. The molecule has 0 bridgehead atoms. The summed E-state index contributed by atoms with van der Waals surface area (Å²) in [5.74, 6) is 2.78. The summed E-state index contributed by atoms with van der Waals surface area (Å²) in [5, 5.41) is 7.31. The number of aromatic nitrogens is 2. The number of anilines is 2. The monoisotopic (exact) mass is 550 g/mol. The van der Waals surface area contributed by atoms with Gasteiger partial charge in [0.2, 0.25) is 0 Å². The van der Waals surface area contributed by atoms with Gasteiger partial charge in [0.25, 0.3) is 0 Å². The predicted octanol–water partition coefficient (Wildman–Crippen LogP) is 4.75. The molecule has 0 saturated carbocycles. The van der Waals surface area contributed by atoms with Crippen LogP contribution in [-0.2, 0) is 16.4 Å². The second-order valence-corrected chi connectivity index (χ2v) is 11.4. The summed E-state index contributed by atoms with van der Waals surface area (Å²) in [6.07, 6.45) is 4.42. The van der Waals surface area contributed by atoms with E-state index in [1.165, 1.54) is 12.6 Å². The Morgan fingerprint density at radius 3 is 2.41 bits per heavy atom. The number of ether oxygens (including phenoxy) is 3. The van der Waals surface area contributed by atoms with Crippen LogP contribution in [-0.4, -0.2) is 57.2 Å². The summed E-state index contributed by atoms with van der Waals surface area (Å²) >= 11 is 0. The number of nitrogens with one attached hydrogen (secondary N) is 2. The quantitative estimate of drug-likeness (QED) is 0.202. The summed E-state index contributed by atoms with van der Waals surface area (Å²) in [6.45, 7) is 2.19. The summed E-state index contributed by atoms with van der Waals surface area (Å²) in [4.78, 5) is 8.85. The molecular formula is C29H34N4O5S. The number of hydrogen-bond acceptors (Lipinski definition) is 9. The number of benzene rings is 3. The van der Waals surface area contributed by atoms with E-state index in [1.807, 2.05) is 66.7 Å². The van der Waals surface area contributed by atoms with Gasteiger partial charge >= 0.3 is 0 Å². The van der Waals surface area contributed by atoms with E-state index in [-0.39, 0.29) is 5.75 Å². The topological polar surface area (TPSA) is 112 Å². The third kappa shape index (κ3) is 8.83. The fraction of sp³-hybridized carbons (Fsp3) is 0.310. The van der Waals surface area contributed by atoms with Gasteiger partial charge in [-0.2, -0.15) is 0 Å². The Bertz CT molecular complexity index is 1450. The molecule has 0 unspecified atom stereocenters. The van der Waals surface area contributed by atoms with Gasteiger partial charge in [0.15, 0.2) is 11.5 Å². The number of sulfone groups is 1. The second-order valence-electron chi connectivity index (χ2n) is 9.10. The van der Waals surface area contributed by atoms with E-state index in [9.17, 15) is 8.42 Å². The Labute approximate surface area is 229 Å². The summed E-state index contributed by atoms with van der Waals surface area (Å²) in [5.41, 5.74) is 2.71. The van der Waals surface area contributed by atoms with Crippen LogP contribution < -0.4 is 24.8 Å². The van der Waals surface area contributed by atoms with Crippen LogP contribution in [0.1, 0.15) is 18.4 Å². The highest BCUT2D eigenvalue weighted by atomic mass is 32.2. The summed E-state index contributed by atoms with van der Waals surface area (Å²) < 4.78 is 39.8. The molecule has 1 aromatic heterocycles. The highest BCUT2D eigenvalue weighted by Gasteiger charge is 2.12. The molecule has 9 nitrogen and oxygen atoms in total. The molecule has 1 heterocycles. The molecule has 4 rings (SSSR count). The van der Waals surface area contributed by atoms with Crippen LogP contribution in [0.2, 0.25) is 0 Å². The molecule has 206 valence electrons. The van der Waals surface area contributed by atoms with Crippen molar-refractivity contribution < 1.29 is 22.6 Å². The van der Waals surface area contributed by atoms with E-state index < -0.39 is 9.84 Å². The maximum absolute atomic E-state index is 11.2. The molecule has 10 heteroatoms. The number of fused-ring (bicyclic) bond motifs is 1. The lowest BCUT2D eigenvalue weighted by Gasteiger charge is -2.14. The molecule has 0 aliphatic rings. The van der Waals surface area contributed by atoms with Crippen molar-refractivity contribution in [2.75, 3.05) is 44.1 Å². The van der Waals surface area contributed by atoms with E-state index in [0.29, 0.717) is 37.1 Å². The van der Waals surface area contributed by atoms with Crippen molar-refractivity contribution in [3.63, 3.8) is 0 Å². The standard InChI is InChI=1S/C29H34N4O5S/c1-36-27-19-26-25(18-28(27)37-16-7-6-14-30-15-17-39(2,34)35)29(32-21-31-26)33-23-10-12-24(13-11-23)38-20-22-8-4-3-5-9-22/h3-5,8-13,18-19,21,30H,6-7,14-17,20H2,1-2H3,(H,31,32,33). The van der Waals surface area contributed by atoms with Crippen molar-refractivity contribution in [3.05, 3.63) is 78.6 Å². The molecule has 0 fully saturated rings. The van der Waals surface area contributed by atoms with Crippen molar-refractivity contribution >= 4 is 32.2 Å². The van der Waals surface area contributed by atoms with E-state index in [1.54, 1.807) is 7.11 Å². The van der Waals surface area contributed by atoms with E-state index in [4.69, 9.17) is 14.2 Å². The average molecular weight is 551 g/mol. The Morgan fingerprint density at radius 1 is 0.872 bits per heavy atom. The molecule has 0 saturated heterocycles. The zero-order valence-electron chi connectivity index (χ0n) is 22.2. The van der Waals surface area contributed by atoms with Gasteiger partial charge in [-0.25, -0.2) is 18.4 Å². The van der Waals surface area contributed by atoms with Crippen LogP contribution in [0.4, 0.5) is 11.5 Å². The zero-order valence-corrected chi connectivity index (χ0v) is 23.0. The predicted molar refractivity (Wildman–Crippen MR) is 154 cm³/mol. The molecule has 0 aliphatic carbocycles. The van der Waals surface area contributed by atoms with Gasteiger partial charge in [-0.1, -0.05) is 30.3 Å². The molecule has 0 spiro atoms. The van der Waals surface area contributed by atoms with Gasteiger partial charge in [0, 0.05) is 29.9 Å². The minimum Gasteiger partial charge on any atom is -0.493 e. The molecule has 0 radical (unpaired) electrons. The van der Waals surface area contributed by atoms with E-state index in [2.05, 4.69) is 20.6 Å². The van der Waals surface area contributed by atoms with Crippen molar-refractivity contribution in [1.82, 2.24) is 15.3 Å². The first-order chi connectivity index (χ1) is 18.9. The minimum absolute atomic E-state index is 0.141. The lowest BCUT2D eigenvalue weighted by atomic mass is 10.2. The summed E-state index contributed by atoms with van der Waals surface area (Å²) in [6, 6.07) is 21.5. The van der Waals surface area contributed by atoms with Crippen LogP contribution >= 0.6 is 0 Å². The van der Waals surface area contributed by atoms with E-state index >= 15 is 0 Å². The number of hydrogen-bond donors (Lipinski definition) is 2. The molecule has 0 atom stereocenters. The van der Waals surface area contributed by atoms with Gasteiger partial charge in [-0.3, -0.25) is 0 Å². The Kier molecular flexibility index (Phi) is 9.93. The largest absolute Gasteiger partial charge is 0.493 e. The molecule has 0 aliphatic heterocycles. The number of rotatable bonds is 15. The lowest BCUT2D eigenvalue weighted by molar-refractivity contribution is 0.286. The van der Waals surface area contributed by atoms with E-state index in [0.717, 1.165) is 47.3 Å². The minimum atomic E-state index is -2.94. The SMILES string of the molecule is COc1cc2ncnc(Nc3ccc(OCc4ccccc4)cc3)c2cc1OCCCCNCCS(C)(=O)=O. The zero-order chi connectivity index (χ0) is 27.5. The van der Waals surface area contributed by atoms with Crippen LogP contribution in [0.15, 0.2) is 73.1 Å². The average Bonchev–Trinajstić information content (AvgIpc) is 2.94. The van der Waals surface area contributed by atoms with Gasteiger partial charge in [-0.15, -0.1) is 0 Å². The maximum Gasteiger partial charge on any atom is 0.162 e. The first kappa shape index (κ1) is 28.1. The van der Waals surface area contributed by atoms with Crippen LogP contribution in [0.25, 0.3) is 10.9 Å². The Balaban J connectivity index is 1.35. The lowest BCUT2D eigenvalue weighted by Crippen LogP contribution is -2.23. The van der Waals surface area contributed by atoms with Gasteiger partial charge in [-0.05, 0) is 55.3 Å². The first-order valence-electron chi connectivity index (χ1n) is 12.8. The normalized spacial score (nSPS) is 11.3. The van der Waals surface area contributed by atoms with Crippen molar-refractivity contribution in [2.45, 2.75) is 19.4 Å². The highest BCUT2D eigenvalue weighted by Crippen LogP contribution is 2.35. The molecule has 0 amide bonds. The second kappa shape index (κ2) is 13.8. The Hall–Kier alpha value is -3.89. The smallest absolute Gasteiger partial charge is 0.162 e. The third-order valence-corrected chi connectivity index (χ3v) is 6.89. The van der Waals surface area contributed by atoms with Crippen LogP contribution in [0, 0.1) is 0 Å². The molecule has 2 N–H and O–H groups in total. The van der Waals surface area contributed by atoms with Crippen molar-refractivity contribution in [2.24, 2.45) is 0 Å². The van der Waals surface area contributed by atoms with Crippen molar-refractivity contribution in [1.29, 1.82) is 0 Å². The van der Waals surface area contributed by atoms with Crippen molar-refractivity contribution in [3.8, 4) is 17.2 Å². The molecule has 39 heavy (non-hydrogen) atoms.